The molecular weight excluding hydrogens is 480 g/mol. The summed E-state index contributed by atoms with van der Waals surface area (Å²) in [5, 5.41) is 0. The van der Waals surface area contributed by atoms with Gasteiger partial charge in [-0.1, -0.05) is 32.0 Å². The number of hydrogen-bond donors (Lipinski definition) is 2. The van der Waals surface area contributed by atoms with Crippen molar-refractivity contribution in [1.29, 1.82) is 0 Å². The second-order valence-corrected chi connectivity index (χ2v) is 11.7. The Balaban J connectivity index is 2.04. The smallest absolute Gasteiger partial charge is 0.294 e. The average Bonchev–Trinajstić information content (AvgIpc) is 2.93. The third-order valence-corrected chi connectivity index (χ3v) is 7.59. The number of amides is 1. The van der Waals surface area contributed by atoms with Crippen LogP contribution >= 0.6 is 0 Å². The van der Waals surface area contributed by atoms with Crippen LogP contribution in [0.1, 0.15) is 32.8 Å². The highest BCUT2D eigenvalue weighted by Gasteiger charge is 2.43. The second kappa shape index (κ2) is 9.49. The first-order valence-corrected chi connectivity index (χ1v) is 13.6. The molecule has 0 saturated carbocycles. The van der Waals surface area contributed by atoms with Gasteiger partial charge >= 0.3 is 0 Å². The first-order valence-electron chi connectivity index (χ1n) is 10.6. The molecule has 1 heterocycles. The Kier molecular flexibility index (Phi) is 7.23. The van der Waals surface area contributed by atoms with Crippen molar-refractivity contribution in [3.8, 4) is 0 Å². The molecule has 0 saturated heterocycles. The molecule has 0 aromatic heterocycles. The maximum absolute atomic E-state index is 12.3. The Hall–Kier alpha value is -2.73. The minimum Gasteiger partial charge on any atom is -0.364 e. The van der Waals surface area contributed by atoms with E-state index in [2.05, 4.69) is 0 Å². The van der Waals surface area contributed by atoms with E-state index >= 15 is 0 Å². The molecule has 11 heteroatoms. The number of anilines is 2. The van der Waals surface area contributed by atoms with Gasteiger partial charge in [-0.15, -0.1) is 0 Å². The monoisotopic (exact) mass is 508 g/mol. The van der Waals surface area contributed by atoms with E-state index in [0.29, 0.717) is 16.9 Å². The molecule has 1 unspecified atom stereocenters. The summed E-state index contributed by atoms with van der Waals surface area (Å²) in [5.74, 6) is -0.634. The van der Waals surface area contributed by atoms with Gasteiger partial charge in [0.05, 0.1) is 16.7 Å². The van der Waals surface area contributed by atoms with E-state index < -0.39 is 31.4 Å². The van der Waals surface area contributed by atoms with Crippen molar-refractivity contribution in [1.82, 2.24) is 0 Å². The Morgan fingerprint density at radius 3 is 2.29 bits per heavy atom. The van der Waals surface area contributed by atoms with Crippen LogP contribution in [-0.2, 0) is 30.4 Å². The molecule has 34 heavy (non-hydrogen) atoms. The Morgan fingerprint density at radius 1 is 1.09 bits per heavy atom. The van der Waals surface area contributed by atoms with Crippen LogP contribution in [0, 0.1) is 0 Å². The van der Waals surface area contributed by atoms with Crippen molar-refractivity contribution in [3.63, 3.8) is 0 Å². The van der Waals surface area contributed by atoms with Gasteiger partial charge in [-0.05, 0) is 48.4 Å². The van der Waals surface area contributed by atoms with Gasteiger partial charge in [0.25, 0.3) is 20.2 Å². The molecular formula is C23H28N2O7S2. The molecule has 1 aliphatic rings. The molecule has 3 rings (SSSR count). The van der Waals surface area contributed by atoms with Gasteiger partial charge in [0, 0.05) is 36.5 Å². The quantitative estimate of drug-likeness (QED) is 0.520. The van der Waals surface area contributed by atoms with Crippen LogP contribution in [0.15, 0.2) is 65.7 Å². The zero-order valence-electron chi connectivity index (χ0n) is 19.1. The number of fused-ring (bicyclic) bond motifs is 1. The highest BCUT2D eigenvalue weighted by molar-refractivity contribution is 7.86. The average molecular weight is 509 g/mol. The minimum absolute atomic E-state index is 0.133. The van der Waals surface area contributed by atoms with E-state index in [-0.39, 0.29) is 29.8 Å². The molecule has 0 spiro atoms. The zero-order valence-corrected chi connectivity index (χ0v) is 20.8. The van der Waals surface area contributed by atoms with Crippen LogP contribution < -0.4 is 9.80 Å². The van der Waals surface area contributed by atoms with Gasteiger partial charge in [-0.2, -0.15) is 16.8 Å². The molecule has 9 nitrogen and oxygen atoms in total. The second-order valence-electron chi connectivity index (χ2n) is 8.72. The fourth-order valence-electron chi connectivity index (χ4n) is 4.29. The molecule has 0 fully saturated rings. The van der Waals surface area contributed by atoms with E-state index in [4.69, 9.17) is 4.55 Å². The van der Waals surface area contributed by atoms with E-state index in [0.717, 1.165) is 0 Å². The molecule has 2 aromatic rings. The molecule has 184 valence electrons. The SMILES string of the molecule is CC(=O)N(/C=C/C1N(CCCS(=O)(=O)O)c2ccc(S(=O)(=O)O)cc2C1(C)C)c1ccccc1. The molecule has 1 amide bonds. The summed E-state index contributed by atoms with van der Waals surface area (Å²) in [5.41, 5.74) is 1.34. The summed E-state index contributed by atoms with van der Waals surface area (Å²) in [7, 11) is -8.57. The van der Waals surface area contributed by atoms with Gasteiger partial charge in [-0.3, -0.25) is 18.8 Å². The lowest BCUT2D eigenvalue weighted by atomic mass is 9.80. The molecule has 1 atom stereocenters. The van der Waals surface area contributed by atoms with Crippen molar-refractivity contribution in [2.24, 2.45) is 0 Å². The number of nitrogens with zero attached hydrogens (tertiary/aromatic N) is 2. The van der Waals surface area contributed by atoms with Gasteiger partial charge < -0.3 is 4.90 Å². The number of benzene rings is 2. The summed E-state index contributed by atoms with van der Waals surface area (Å²) in [4.78, 5) is 15.5. The molecule has 0 aliphatic carbocycles. The molecule has 0 bridgehead atoms. The van der Waals surface area contributed by atoms with Crippen molar-refractivity contribution < 1.29 is 30.7 Å². The first kappa shape index (κ1) is 25.9. The standard InChI is InChI=1S/C23H28N2O7S2/c1-17(26)24(18-8-5-4-6-9-18)14-12-22-23(2,3)20-16-19(34(30,31)32)10-11-21(20)25(22)13-7-15-33(27,28)29/h4-6,8-12,14,16,22H,7,13,15H2,1-3H3,(H,27,28,29)(H,30,31,32)/b14-12+. The lowest BCUT2D eigenvalue weighted by Crippen LogP contribution is -2.41. The lowest BCUT2D eigenvalue weighted by Gasteiger charge is -2.33. The van der Waals surface area contributed by atoms with E-state index in [1.54, 1.807) is 24.4 Å². The van der Waals surface area contributed by atoms with Crippen molar-refractivity contribution >= 4 is 37.5 Å². The topological polar surface area (TPSA) is 132 Å². The fourth-order valence-corrected chi connectivity index (χ4v) is 5.29. The van der Waals surface area contributed by atoms with E-state index in [9.17, 15) is 26.2 Å². The fraction of sp³-hybridized carbons (Fsp3) is 0.348. The lowest BCUT2D eigenvalue weighted by molar-refractivity contribution is -0.116. The number of carbonyl (C=O) groups excluding carboxylic acids is 1. The van der Waals surface area contributed by atoms with Crippen LogP contribution in [0.3, 0.4) is 0 Å². The van der Waals surface area contributed by atoms with Crippen LogP contribution in [0.5, 0.6) is 0 Å². The van der Waals surface area contributed by atoms with Crippen LogP contribution in [0.2, 0.25) is 0 Å². The normalized spacial score (nSPS) is 17.7. The van der Waals surface area contributed by atoms with Crippen molar-refractivity contribution in [2.45, 2.75) is 43.5 Å². The molecule has 0 radical (unpaired) electrons. The van der Waals surface area contributed by atoms with Gasteiger partial charge in [0.15, 0.2) is 0 Å². The number of rotatable bonds is 8. The van der Waals surface area contributed by atoms with Crippen LogP contribution in [0.25, 0.3) is 0 Å². The third kappa shape index (κ3) is 5.66. The largest absolute Gasteiger partial charge is 0.364 e. The van der Waals surface area contributed by atoms with Gasteiger partial charge in [0.2, 0.25) is 5.91 Å². The summed E-state index contributed by atoms with van der Waals surface area (Å²) in [6.07, 6.45) is 3.60. The van der Waals surface area contributed by atoms with Crippen LogP contribution in [0.4, 0.5) is 11.4 Å². The third-order valence-electron chi connectivity index (χ3n) is 5.94. The maximum Gasteiger partial charge on any atom is 0.294 e. The van der Waals surface area contributed by atoms with E-state index in [1.807, 2.05) is 43.0 Å². The molecule has 2 N–H and O–H groups in total. The predicted octanol–water partition coefficient (Wildman–Crippen LogP) is 3.24. The van der Waals surface area contributed by atoms with Crippen molar-refractivity contribution in [3.05, 3.63) is 66.4 Å². The maximum atomic E-state index is 12.3. The highest BCUT2D eigenvalue weighted by atomic mass is 32.2. The minimum atomic E-state index is -4.42. The van der Waals surface area contributed by atoms with Crippen LogP contribution in [-0.4, -0.2) is 50.2 Å². The summed E-state index contributed by atoms with van der Waals surface area (Å²) in [6.45, 7) is 5.49. The van der Waals surface area contributed by atoms with Gasteiger partial charge in [-0.25, -0.2) is 0 Å². The Bertz CT molecular complexity index is 1300. The number of hydrogen-bond acceptors (Lipinski definition) is 6. The predicted molar refractivity (Wildman–Crippen MR) is 130 cm³/mol. The number of carbonyl (C=O) groups is 1. The number of para-hydroxylation sites is 1. The zero-order chi connectivity index (χ0) is 25.3. The Morgan fingerprint density at radius 2 is 1.74 bits per heavy atom. The van der Waals surface area contributed by atoms with Gasteiger partial charge in [0.1, 0.15) is 0 Å². The Labute approximate surface area is 200 Å². The molecule has 2 aromatic carbocycles. The highest BCUT2D eigenvalue weighted by Crippen LogP contribution is 2.46. The first-order chi connectivity index (χ1) is 15.7. The summed E-state index contributed by atoms with van der Waals surface area (Å²) < 4.78 is 64.6. The van der Waals surface area contributed by atoms with Crippen molar-refractivity contribution in [2.75, 3.05) is 22.1 Å². The van der Waals surface area contributed by atoms with E-state index in [1.165, 1.54) is 24.0 Å². The summed E-state index contributed by atoms with van der Waals surface area (Å²) >= 11 is 0. The summed E-state index contributed by atoms with van der Waals surface area (Å²) in [6, 6.07) is 12.9. The molecule has 1 aliphatic heterocycles.